The van der Waals surface area contributed by atoms with Crippen molar-refractivity contribution in [2.75, 3.05) is 32.1 Å². The Hall–Kier alpha value is -1.11. The van der Waals surface area contributed by atoms with Crippen LogP contribution in [0.5, 0.6) is 0 Å². The van der Waals surface area contributed by atoms with Crippen LogP contribution in [0.2, 0.25) is 0 Å². The van der Waals surface area contributed by atoms with Gasteiger partial charge in [-0.05, 0) is 37.1 Å². The zero-order valence-corrected chi connectivity index (χ0v) is 12.2. The second-order valence-electron chi connectivity index (χ2n) is 5.01. The van der Waals surface area contributed by atoms with E-state index >= 15 is 0 Å². The number of hydrogen-bond donors (Lipinski definition) is 1. The van der Waals surface area contributed by atoms with Gasteiger partial charge < -0.3 is 10.6 Å². The summed E-state index contributed by atoms with van der Waals surface area (Å²) in [7, 11) is -0.274. The summed E-state index contributed by atoms with van der Waals surface area (Å²) < 4.78 is 25.2. The molecule has 1 saturated heterocycles. The molecule has 0 saturated carbocycles. The molecule has 1 aromatic carbocycles. The summed E-state index contributed by atoms with van der Waals surface area (Å²) in [6.45, 7) is 1.62. The summed E-state index contributed by atoms with van der Waals surface area (Å²) in [4.78, 5) is 2.58. The molecule has 0 spiro atoms. The number of nitrogens with two attached hydrogens (primary N) is 1. The van der Waals surface area contributed by atoms with E-state index in [9.17, 15) is 8.42 Å². The normalized spacial score (nSPS) is 20.2. The van der Waals surface area contributed by atoms with Gasteiger partial charge in [0.15, 0.2) is 0 Å². The van der Waals surface area contributed by atoms with E-state index in [1.807, 2.05) is 12.1 Å². The van der Waals surface area contributed by atoms with E-state index in [1.54, 1.807) is 12.1 Å². The van der Waals surface area contributed by atoms with Crippen LogP contribution in [0.3, 0.4) is 0 Å². The number of rotatable bonds is 4. The van der Waals surface area contributed by atoms with Gasteiger partial charge in [-0.2, -0.15) is 0 Å². The molecule has 19 heavy (non-hydrogen) atoms. The van der Waals surface area contributed by atoms with Gasteiger partial charge >= 0.3 is 0 Å². The van der Waals surface area contributed by atoms with E-state index in [0.717, 1.165) is 25.1 Å². The maximum Gasteiger partial charge on any atom is 0.242 e. The molecule has 106 valence electrons. The summed E-state index contributed by atoms with van der Waals surface area (Å²) in [6.07, 6.45) is 2.24. The molecule has 1 unspecified atom stereocenters. The molecule has 1 heterocycles. The Morgan fingerprint density at radius 1 is 1.32 bits per heavy atom. The van der Waals surface area contributed by atoms with E-state index in [2.05, 4.69) is 4.90 Å². The van der Waals surface area contributed by atoms with Crippen molar-refractivity contribution in [3.8, 4) is 0 Å². The van der Waals surface area contributed by atoms with Crippen LogP contribution in [0, 0.1) is 0 Å². The highest BCUT2D eigenvalue weighted by atomic mass is 32.2. The molecule has 5 nitrogen and oxygen atoms in total. The third-order valence-electron chi connectivity index (χ3n) is 3.60. The van der Waals surface area contributed by atoms with E-state index < -0.39 is 10.0 Å². The minimum Gasteiger partial charge on any atom is -0.367 e. The smallest absolute Gasteiger partial charge is 0.242 e. The monoisotopic (exact) mass is 283 g/mol. The Morgan fingerprint density at radius 2 is 1.95 bits per heavy atom. The summed E-state index contributed by atoms with van der Waals surface area (Å²) in [5.74, 6) is 0. The van der Waals surface area contributed by atoms with Crippen molar-refractivity contribution in [2.45, 2.75) is 23.8 Å². The fraction of sp³-hybridized carbons (Fsp3) is 0.538. The minimum atomic E-state index is -3.35. The Morgan fingerprint density at radius 3 is 2.47 bits per heavy atom. The average molecular weight is 283 g/mol. The molecular weight excluding hydrogens is 262 g/mol. The van der Waals surface area contributed by atoms with Gasteiger partial charge in [0.1, 0.15) is 0 Å². The summed E-state index contributed by atoms with van der Waals surface area (Å²) in [6, 6.07) is 7.43. The first kappa shape index (κ1) is 14.3. The molecule has 0 aromatic heterocycles. The van der Waals surface area contributed by atoms with Crippen molar-refractivity contribution in [1.29, 1.82) is 0 Å². The average Bonchev–Trinajstić information content (AvgIpc) is 2.87. The van der Waals surface area contributed by atoms with Gasteiger partial charge in [-0.3, -0.25) is 0 Å². The van der Waals surface area contributed by atoms with Gasteiger partial charge in [-0.15, -0.1) is 0 Å². The molecule has 1 atom stereocenters. The standard InChI is InChI=1S/C13H21N3O2S/c1-15(2)19(17,18)13-7-5-11(6-8-13)16-9-3-4-12(16)10-14/h5-8,12H,3-4,9-10,14H2,1-2H3. The summed E-state index contributed by atoms with van der Waals surface area (Å²) in [5.41, 5.74) is 6.80. The van der Waals surface area contributed by atoms with Crippen molar-refractivity contribution < 1.29 is 8.42 Å². The lowest BCUT2D eigenvalue weighted by Gasteiger charge is -2.26. The first-order chi connectivity index (χ1) is 8.96. The predicted octanol–water partition coefficient (Wildman–Crippen LogP) is 0.864. The van der Waals surface area contributed by atoms with E-state index in [1.165, 1.54) is 18.4 Å². The Bertz CT molecular complexity index is 525. The minimum absolute atomic E-state index is 0.324. The fourth-order valence-electron chi connectivity index (χ4n) is 2.44. The van der Waals surface area contributed by atoms with Gasteiger partial charge in [0.05, 0.1) is 4.90 Å². The quantitative estimate of drug-likeness (QED) is 0.890. The SMILES string of the molecule is CN(C)S(=O)(=O)c1ccc(N2CCCC2CN)cc1. The molecule has 1 fully saturated rings. The second kappa shape index (κ2) is 5.48. The van der Waals surface area contributed by atoms with Gasteiger partial charge in [-0.1, -0.05) is 0 Å². The van der Waals surface area contributed by atoms with Gasteiger partial charge in [0.2, 0.25) is 10.0 Å². The van der Waals surface area contributed by atoms with Crippen LogP contribution in [0.1, 0.15) is 12.8 Å². The van der Waals surface area contributed by atoms with E-state index in [0.29, 0.717) is 17.5 Å². The molecule has 1 aliphatic rings. The molecule has 1 aliphatic heterocycles. The maximum absolute atomic E-state index is 12.0. The molecule has 6 heteroatoms. The highest BCUT2D eigenvalue weighted by molar-refractivity contribution is 7.89. The number of sulfonamides is 1. The summed E-state index contributed by atoms with van der Waals surface area (Å²) >= 11 is 0. The van der Waals surface area contributed by atoms with Crippen LogP contribution in [-0.4, -0.2) is 45.9 Å². The fourth-order valence-corrected chi connectivity index (χ4v) is 3.34. The lowest BCUT2D eigenvalue weighted by molar-refractivity contribution is 0.521. The molecule has 1 aromatic rings. The van der Waals surface area contributed by atoms with Crippen LogP contribution >= 0.6 is 0 Å². The van der Waals surface area contributed by atoms with Crippen molar-refractivity contribution in [2.24, 2.45) is 5.73 Å². The molecule has 0 amide bonds. The van der Waals surface area contributed by atoms with Crippen molar-refractivity contribution in [3.63, 3.8) is 0 Å². The largest absolute Gasteiger partial charge is 0.367 e. The van der Waals surface area contributed by atoms with Crippen LogP contribution in [0.4, 0.5) is 5.69 Å². The summed E-state index contributed by atoms with van der Waals surface area (Å²) in [5, 5.41) is 0. The zero-order valence-electron chi connectivity index (χ0n) is 11.4. The highest BCUT2D eigenvalue weighted by Crippen LogP contribution is 2.26. The second-order valence-corrected chi connectivity index (χ2v) is 7.16. The van der Waals surface area contributed by atoms with Crippen molar-refractivity contribution in [3.05, 3.63) is 24.3 Å². The molecule has 0 aliphatic carbocycles. The van der Waals surface area contributed by atoms with Crippen LogP contribution < -0.4 is 10.6 Å². The van der Waals surface area contributed by atoms with E-state index in [-0.39, 0.29) is 0 Å². The van der Waals surface area contributed by atoms with Gasteiger partial charge in [0, 0.05) is 38.9 Å². The van der Waals surface area contributed by atoms with Gasteiger partial charge in [0.25, 0.3) is 0 Å². The lowest BCUT2D eigenvalue weighted by Crippen LogP contribution is -2.35. The van der Waals surface area contributed by atoms with Crippen molar-refractivity contribution in [1.82, 2.24) is 4.31 Å². The van der Waals surface area contributed by atoms with Gasteiger partial charge in [-0.25, -0.2) is 12.7 Å². The van der Waals surface area contributed by atoms with Crippen LogP contribution in [0.25, 0.3) is 0 Å². The van der Waals surface area contributed by atoms with Crippen LogP contribution in [-0.2, 0) is 10.0 Å². The Balaban J connectivity index is 2.24. The Kier molecular flexibility index (Phi) is 4.13. The maximum atomic E-state index is 12.0. The topological polar surface area (TPSA) is 66.6 Å². The molecule has 0 bridgehead atoms. The van der Waals surface area contributed by atoms with Crippen molar-refractivity contribution >= 4 is 15.7 Å². The first-order valence-corrected chi connectivity index (χ1v) is 7.90. The van der Waals surface area contributed by atoms with E-state index in [4.69, 9.17) is 5.73 Å². The lowest BCUT2D eigenvalue weighted by atomic mass is 10.2. The number of anilines is 1. The molecule has 0 radical (unpaired) electrons. The number of hydrogen-bond acceptors (Lipinski definition) is 4. The number of nitrogens with zero attached hydrogens (tertiary/aromatic N) is 2. The third kappa shape index (κ3) is 2.75. The zero-order chi connectivity index (χ0) is 14.0. The van der Waals surface area contributed by atoms with Crippen LogP contribution in [0.15, 0.2) is 29.2 Å². The molecule has 2 rings (SSSR count). The number of benzene rings is 1. The molecule has 2 N–H and O–H groups in total. The highest BCUT2D eigenvalue weighted by Gasteiger charge is 2.24. The Labute approximate surface area is 115 Å². The molecular formula is C13H21N3O2S. The predicted molar refractivity (Wildman–Crippen MR) is 76.7 cm³/mol. The first-order valence-electron chi connectivity index (χ1n) is 6.46. The third-order valence-corrected chi connectivity index (χ3v) is 5.43.